The van der Waals surface area contributed by atoms with Crippen molar-refractivity contribution in [2.45, 2.75) is 33.2 Å². The van der Waals surface area contributed by atoms with E-state index in [0.29, 0.717) is 13.0 Å². The minimum atomic E-state index is -3.39. The van der Waals surface area contributed by atoms with Gasteiger partial charge in [-0.2, -0.15) is 0 Å². The van der Waals surface area contributed by atoms with Crippen LogP contribution in [0.4, 0.5) is 0 Å². The van der Waals surface area contributed by atoms with Gasteiger partial charge in [-0.1, -0.05) is 26.0 Å². The van der Waals surface area contributed by atoms with Crippen molar-refractivity contribution in [3.8, 4) is 0 Å². The van der Waals surface area contributed by atoms with Crippen molar-refractivity contribution >= 4 is 15.9 Å². The van der Waals surface area contributed by atoms with Crippen molar-refractivity contribution < 1.29 is 13.2 Å². The molecule has 0 fully saturated rings. The van der Waals surface area contributed by atoms with Gasteiger partial charge in [0.15, 0.2) is 0 Å². The van der Waals surface area contributed by atoms with Gasteiger partial charge < -0.3 is 5.32 Å². The second-order valence-electron chi connectivity index (χ2n) is 4.75. The Bertz CT molecular complexity index is 374. The van der Waals surface area contributed by atoms with Crippen LogP contribution in [0, 0.1) is 5.92 Å². The van der Waals surface area contributed by atoms with E-state index >= 15 is 0 Å². The fraction of sp³-hybridized carbons (Fsp3) is 0.727. The lowest BCUT2D eigenvalue weighted by Gasteiger charge is -2.19. The molecule has 5 nitrogen and oxygen atoms in total. The van der Waals surface area contributed by atoms with Crippen molar-refractivity contribution in [2.75, 3.05) is 12.8 Å². The Labute approximate surface area is 104 Å². The number of carbonyl (C=O) groups is 1. The summed E-state index contributed by atoms with van der Waals surface area (Å²) in [6.45, 7) is 9.69. The average Bonchev–Trinajstić information content (AvgIpc) is 2.09. The van der Waals surface area contributed by atoms with E-state index in [9.17, 15) is 13.2 Å². The van der Waals surface area contributed by atoms with Crippen LogP contribution in [0.25, 0.3) is 0 Å². The molecule has 0 aliphatic rings. The highest BCUT2D eigenvalue weighted by Gasteiger charge is 2.22. The maximum atomic E-state index is 11.8. The summed E-state index contributed by atoms with van der Waals surface area (Å²) < 4.78 is 24.7. The third kappa shape index (κ3) is 8.88. The number of amides is 1. The predicted octanol–water partition coefficient (Wildman–Crippen LogP) is 0.643. The molecule has 0 radical (unpaired) electrons. The monoisotopic (exact) mass is 262 g/mol. The molecule has 1 atom stereocenters. The lowest BCUT2D eigenvalue weighted by molar-refractivity contribution is -0.122. The topological polar surface area (TPSA) is 75.3 Å². The third-order valence-electron chi connectivity index (χ3n) is 1.94. The fourth-order valence-electron chi connectivity index (χ4n) is 1.30. The molecule has 0 saturated heterocycles. The number of hydrogen-bond acceptors (Lipinski definition) is 3. The van der Waals surface area contributed by atoms with Gasteiger partial charge in [-0.3, -0.25) is 4.79 Å². The van der Waals surface area contributed by atoms with Gasteiger partial charge in [-0.25, -0.2) is 13.1 Å². The first-order valence-corrected chi connectivity index (χ1v) is 7.40. The summed E-state index contributed by atoms with van der Waals surface area (Å²) in [5, 5.41) is 2.64. The normalized spacial score (nSPS) is 13.5. The van der Waals surface area contributed by atoms with Crippen LogP contribution in [0.2, 0.25) is 0 Å². The van der Waals surface area contributed by atoms with E-state index in [-0.39, 0.29) is 11.8 Å². The summed E-state index contributed by atoms with van der Waals surface area (Å²) in [4.78, 5) is 11.8. The highest BCUT2D eigenvalue weighted by atomic mass is 32.2. The molecule has 0 rings (SSSR count). The number of nitrogens with one attached hydrogen (secondary N) is 2. The molecule has 0 aromatic rings. The summed E-state index contributed by atoms with van der Waals surface area (Å²) in [5.41, 5.74) is 0.820. The molecular formula is C11H22N2O3S. The zero-order valence-electron chi connectivity index (χ0n) is 10.9. The van der Waals surface area contributed by atoms with Crippen LogP contribution in [-0.4, -0.2) is 33.2 Å². The number of hydrogen-bond donors (Lipinski definition) is 2. The zero-order valence-corrected chi connectivity index (χ0v) is 11.7. The summed E-state index contributed by atoms with van der Waals surface area (Å²) in [6.07, 6.45) is 1.52. The molecule has 100 valence electrons. The number of carbonyl (C=O) groups excluding carboxylic acids is 1. The van der Waals surface area contributed by atoms with Gasteiger partial charge in [0, 0.05) is 6.54 Å². The smallest absolute Gasteiger partial charge is 0.238 e. The molecular weight excluding hydrogens is 240 g/mol. The van der Waals surface area contributed by atoms with Gasteiger partial charge in [-0.15, -0.1) is 0 Å². The minimum Gasteiger partial charge on any atom is -0.351 e. The Hall–Kier alpha value is -0.880. The second-order valence-corrected chi connectivity index (χ2v) is 6.53. The predicted molar refractivity (Wildman–Crippen MR) is 69.0 cm³/mol. The van der Waals surface area contributed by atoms with Gasteiger partial charge in [-0.05, 0) is 19.3 Å². The average molecular weight is 262 g/mol. The summed E-state index contributed by atoms with van der Waals surface area (Å²) in [5.74, 6) is -0.0862. The molecule has 0 bridgehead atoms. The fourth-order valence-corrected chi connectivity index (χ4v) is 2.02. The molecule has 1 amide bonds. The van der Waals surface area contributed by atoms with Crippen LogP contribution < -0.4 is 10.0 Å². The number of rotatable bonds is 7. The largest absolute Gasteiger partial charge is 0.351 e. The van der Waals surface area contributed by atoms with Crippen LogP contribution in [0.5, 0.6) is 0 Å². The van der Waals surface area contributed by atoms with E-state index in [2.05, 4.69) is 16.6 Å². The van der Waals surface area contributed by atoms with Crippen molar-refractivity contribution in [3.05, 3.63) is 12.2 Å². The summed E-state index contributed by atoms with van der Waals surface area (Å²) in [7, 11) is -3.39. The Morgan fingerprint density at radius 2 is 1.88 bits per heavy atom. The maximum absolute atomic E-state index is 11.8. The Morgan fingerprint density at radius 1 is 1.35 bits per heavy atom. The van der Waals surface area contributed by atoms with Crippen molar-refractivity contribution in [2.24, 2.45) is 5.92 Å². The third-order valence-corrected chi connectivity index (χ3v) is 2.66. The van der Waals surface area contributed by atoms with Crippen molar-refractivity contribution in [1.82, 2.24) is 10.0 Å². The van der Waals surface area contributed by atoms with Crippen LogP contribution in [0.15, 0.2) is 12.2 Å². The molecule has 0 aliphatic carbocycles. The van der Waals surface area contributed by atoms with E-state index in [1.54, 1.807) is 6.92 Å². The van der Waals surface area contributed by atoms with Crippen LogP contribution >= 0.6 is 0 Å². The van der Waals surface area contributed by atoms with Gasteiger partial charge >= 0.3 is 0 Å². The van der Waals surface area contributed by atoms with Crippen LogP contribution in [0.3, 0.4) is 0 Å². The molecule has 0 aromatic carbocycles. The molecule has 6 heteroatoms. The minimum absolute atomic E-state index is 0.227. The quantitative estimate of drug-likeness (QED) is 0.661. The zero-order chi connectivity index (χ0) is 13.6. The lowest BCUT2D eigenvalue weighted by atomic mass is 10.0. The second kappa shape index (κ2) is 6.76. The molecule has 0 aliphatic heterocycles. The first kappa shape index (κ1) is 16.1. The highest BCUT2D eigenvalue weighted by molar-refractivity contribution is 7.88. The van der Waals surface area contributed by atoms with Gasteiger partial charge in [0.25, 0.3) is 0 Å². The molecule has 17 heavy (non-hydrogen) atoms. The van der Waals surface area contributed by atoms with Gasteiger partial charge in [0.05, 0.1) is 6.26 Å². The standard InChI is InChI=1S/C11H22N2O3S/c1-8(2)6-10(13-17(5,15)16)11(14)12-7-9(3)4/h8,10,13H,3,6-7H2,1-2,4-5H3,(H,12,14). The Kier molecular flexibility index (Phi) is 6.41. The Morgan fingerprint density at radius 3 is 2.24 bits per heavy atom. The number of sulfonamides is 1. The first-order chi connectivity index (χ1) is 7.61. The molecule has 0 saturated carbocycles. The van der Waals surface area contributed by atoms with Crippen molar-refractivity contribution in [1.29, 1.82) is 0 Å². The molecule has 0 aromatic heterocycles. The van der Waals surface area contributed by atoms with Crippen molar-refractivity contribution in [3.63, 3.8) is 0 Å². The molecule has 1 unspecified atom stereocenters. The van der Waals surface area contributed by atoms with Crippen LogP contribution in [-0.2, 0) is 14.8 Å². The van der Waals surface area contributed by atoms with E-state index in [1.807, 2.05) is 13.8 Å². The van der Waals surface area contributed by atoms with Gasteiger partial charge in [0.2, 0.25) is 15.9 Å². The molecule has 0 spiro atoms. The molecule has 2 N–H and O–H groups in total. The summed E-state index contributed by atoms with van der Waals surface area (Å²) >= 11 is 0. The molecule has 0 heterocycles. The van der Waals surface area contributed by atoms with E-state index < -0.39 is 16.1 Å². The summed E-state index contributed by atoms with van der Waals surface area (Å²) in [6, 6.07) is -0.718. The van der Waals surface area contributed by atoms with Crippen LogP contribution in [0.1, 0.15) is 27.2 Å². The first-order valence-electron chi connectivity index (χ1n) is 5.51. The Balaban J connectivity index is 4.56. The maximum Gasteiger partial charge on any atom is 0.238 e. The lowest BCUT2D eigenvalue weighted by Crippen LogP contribution is -2.47. The van der Waals surface area contributed by atoms with E-state index in [4.69, 9.17) is 0 Å². The highest BCUT2D eigenvalue weighted by Crippen LogP contribution is 2.06. The SMILES string of the molecule is C=C(C)CNC(=O)C(CC(C)C)NS(C)(=O)=O. The van der Waals surface area contributed by atoms with E-state index in [1.165, 1.54) is 0 Å². The van der Waals surface area contributed by atoms with E-state index in [0.717, 1.165) is 11.8 Å². The van der Waals surface area contributed by atoms with Gasteiger partial charge in [0.1, 0.15) is 6.04 Å².